The number of carbonyl (C=O) groups is 2. The van der Waals surface area contributed by atoms with Crippen molar-refractivity contribution in [3.8, 4) is 0 Å². The van der Waals surface area contributed by atoms with Crippen molar-refractivity contribution in [3.63, 3.8) is 0 Å². The predicted molar refractivity (Wildman–Crippen MR) is 315 cm³/mol. The number of nitrogens with one attached hydrogen (secondary N) is 1. The highest BCUT2D eigenvalue weighted by Gasteiger charge is 2.20. The van der Waals surface area contributed by atoms with Crippen LogP contribution in [0.4, 0.5) is 0 Å². The van der Waals surface area contributed by atoms with Gasteiger partial charge >= 0.3 is 5.97 Å². The normalized spacial score (nSPS) is 12.4. The summed E-state index contributed by atoms with van der Waals surface area (Å²) in [4.78, 5) is 24.5. The van der Waals surface area contributed by atoms with Crippen LogP contribution in [0.25, 0.3) is 0 Å². The van der Waals surface area contributed by atoms with Crippen molar-refractivity contribution in [2.45, 2.75) is 398 Å². The lowest BCUT2D eigenvalue weighted by Crippen LogP contribution is -2.45. The van der Waals surface area contributed by atoms with Crippen LogP contribution in [-0.2, 0) is 14.3 Å². The van der Waals surface area contributed by atoms with Crippen molar-refractivity contribution in [1.29, 1.82) is 0 Å². The first-order valence-electron chi connectivity index (χ1n) is 33.3. The summed E-state index contributed by atoms with van der Waals surface area (Å²) in [6.45, 7) is 4.99. The first-order chi connectivity index (χ1) is 35.5. The molecule has 2 unspecified atom stereocenters. The number of esters is 1. The summed E-state index contributed by atoms with van der Waals surface area (Å²) >= 11 is 0. The summed E-state index contributed by atoms with van der Waals surface area (Å²) in [6.07, 6.45) is 74.2. The average molecular weight is 1020 g/mol. The number of rotatable bonds is 63. The molecular weight excluding hydrogens is 887 g/mol. The minimum absolute atomic E-state index is 0.0163. The third-order valence-electron chi connectivity index (χ3n) is 15.9. The van der Waals surface area contributed by atoms with Gasteiger partial charge in [-0.2, -0.15) is 0 Å². The molecule has 0 spiro atoms. The van der Waals surface area contributed by atoms with Crippen LogP contribution >= 0.6 is 0 Å². The summed E-state index contributed by atoms with van der Waals surface area (Å²) < 4.78 is 5.47. The molecule has 0 bridgehead atoms. The largest absolute Gasteiger partial charge is 0.466 e. The van der Waals surface area contributed by atoms with E-state index in [-0.39, 0.29) is 18.5 Å². The van der Waals surface area contributed by atoms with Crippen LogP contribution in [0.3, 0.4) is 0 Å². The Labute approximate surface area is 451 Å². The van der Waals surface area contributed by atoms with Gasteiger partial charge in [0.15, 0.2) is 0 Å². The van der Waals surface area contributed by atoms with Gasteiger partial charge in [-0.05, 0) is 25.7 Å². The van der Waals surface area contributed by atoms with Crippen LogP contribution in [0.2, 0.25) is 0 Å². The average Bonchev–Trinajstić information content (AvgIpc) is 3.38. The number of hydrogen-bond acceptors (Lipinski definition) is 5. The molecule has 0 aromatic carbocycles. The topological polar surface area (TPSA) is 95.9 Å². The Morgan fingerprint density at radius 1 is 0.333 bits per heavy atom. The van der Waals surface area contributed by atoms with Gasteiger partial charge in [0.2, 0.25) is 5.91 Å². The van der Waals surface area contributed by atoms with Gasteiger partial charge < -0.3 is 20.3 Å². The summed E-state index contributed by atoms with van der Waals surface area (Å²) in [5, 5.41) is 23.4. The summed E-state index contributed by atoms with van der Waals surface area (Å²) in [7, 11) is 0. The predicted octanol–water partition coefficient (Wildman–Crippen LogP) is 21.0. The van der Waals surface area contributed by atoms with Gasteiger partial charge in [0, 0.05) is 12.8 Å². The molecule has 0 fully saturated rings. The molecule has 0 aliphatic carbocycles. The van der Waals surface area contributed by atoms with Crippen molar-refractivity contribution in [3.05, 3.63) is 0 Å². The fraction of sp³-hybridized carbons (Fsp3) is 0.970. The second kappa shape index (κ2) is 62.4. The maximum absolute atomic E-state index is 12.5. The molecule has 6 heteroatoms. The van der Waals surface area contributed by atoms with Gasteiger partial charge in [-0.1, -0.05) is 348 Å². The number of ether oxygens (including phenoxy) is 1. The van der Waals surface area contributed by atoms with E-state index < -0.39 is 12.1 Å². The molecule has 2 atom stereocenters. The van der Waals surface area contributed by atoms with Crippen molar-refractivity contribution in [2.24, 2.45) is 0 Å². The molecule has 1 amide bonds. The summed E-state index contributed by atoms with van der Waals surface area (Å²) in [6, 6.07) is -0.540. The molecule has 0 radical (unpaired) electrons. The van der Waals surface area contributed by atoms with E-state index >= 15 is 0 Å². The Morgan fingerprint density at radius 2 is 0.569 bits per heavy atom. The van der Waals surface area contributed by atoms with Crippen molar-refractivity contribution in [2.75, 3.05) is 13.2 Å². The standard InChI is InChI=1S/C66H131NO5/c1-3-5-7-9-11-13-15-16-17-18-19-26-29-32-35-39-42-46-50-54-58-64(69)63(62-68)67-65(70)59-55-51-47-43-40-36-33-30-27-24-22-20-21-23-25-28-31-34-37-41-45-49-53-57-61-72-66(71)60-56-52-48-44-38-14-12-10-8-6-4-2/h63-64,68-69H,3-62H2,1-2H3,(H,67,70). The third kappa shape index (κ3) is 58.1. The number of unbranched alkanes of at least 4 members (excludes halogenated alkanes) is 52. The Hall–Kier alpha value is -1.14. The van der Waals surface area contributed by atoms with E-state index in [4.69, 9.17) is 4.74 Å². The van der Waals surface area contributed by atoms with Gasteiger partial charge in [0.25, 0.3) is 0 Å². The third-order valence-corrected chi connectivity index (χ3v) is 15.9. The van der Waals surface area contributed by atoms with Crippen LogP contribution in [0, 0.1) is 0 Å². The summed E-state index contributed by atoms with van der Waals surface area (Å²) in [5.74, 6) is -0.0126. The molecule has 72 heavy (non-hydrogen) atoms. The molecule has 6 nitrogen and oxygen atoms in total. The van der Waals surface area contributed by atoms with E-state index in [2.05, 4.69) is 19.2 Å². The Bertz CT molecular complexity index is 1040. The van der Waals surface area contributed by atoms with Crippen LogP contribution in [0.5, 0.6) is 0 Å². The molecule has 0 aliphatic heterocycles. The lowest BCUT2D eigenvalue weighted by atomic mass is 10.0. The molecule has 0 aromatic heterocycles. The number of aliphatic hydroxyl groups excluding tert-OH is 2. The van der Waals surface area contributed by atoms with Crippen molar-refractivity contribution in [1.82, 2.24) is 5.32 Å². The second-order valence-electron chi connectivity index (χ2n) is 23.2. The van der Waals surface area contributed by atoms with Crippen molar-refractivity contribution < 1.29 is 24.5 Å². The van der Waals surface area contributed by atoms with Crippen LogP contribution in [-0.4, -0.2) is 47.4 Å². The van der Waals surface area contributed by atoms with E-state index in [9.17, 15) is 19.8 Å². The van der Waals surface area contributed by atoms with Gasteiger partial charge in [-0.25, -0.2) is 0 Å². The zero-order valence-corrected chi connectivity index (χ0v) is 49.2. The van der Waals surface area contributed by atoms with E-state index in [1.807, 2.05) is 0 Å². The molecule has 0 saturated heterocycles. The summed E-state index contributed by atoms with van der Waals surface area (Å²) in [5.41, 5.74) is 0. The number of hydrogen-bond donors (Lipinski definition) is 3. The zero-order chi connectivity index (χ0) is 52.2. The highest BCUT2D eigenvalue weighted by molar-refractivity contribution is 5.76. The molecule has 0 aromatic rings. The Morgan fingerprint density at radius 3 is 0.847 bits per heavy atom. The van der Waals surface area contributed by atoms with Crippen LogP contribution in [0.15, 0.2) is 0 Å². The van der Waals surface area contributed by atoms with E-state index in [0.717, 1.165) is 38.5 Å². The molecule has 0 saturated carbocycles. The highest BCUT2D eigenvalue weighted by Crippen LogP contribution is 2.19. The molecule has 0 aliphatic rings. The monoisotopic (exact) mass is 1020 g/mol. The first-order valence-corrected chi connectivity index (χ1v) is 33.3. The fourth-order valence-corrected chi connectivity index (χ4v) is 10.8. The second-order valence-corrected chi connectivity index (χ2v) is 23.2. The van der Waals surface area contributed by atoms with E-state index in [1.54, 1.807) is 0 Å². The highest BCUT2D eigenvalue weighted by atomic mass is 16.5. The lowest BCUT2D eigenvalue weighted by Gasteiger charge is -2.22. The van der Waals surface area contributed by atoms with Gasteiger partial charge in [-0.3, -0.25) is 9.59 Å². The SMILES string of the molecule is CCCCCCCCCCCCCCCCCCCCCCC(O)C(CO)NC(=O)CCCCCCCCCCCCCCCCCCCCCCCCCCOC(=O)CCCCCCCCCCCCC. The maximum atomic E-state index is 12.5. The molecule has 0 heterocycles. The zero-order valence-electron chi connectivity index (χ0n) is 49.2. The quantitative estimate of drug-likeness (QED) is 0.0417. The van der Waals surface area contributed by atoms with Crippen molar-refractivity contribution >= 4 is 11.9 Å². The first kappa shape index (κ1) is 70.9. The molecular formula is C66H131NO5. The molecule has 0 rings (SSSR count). The maximum Gasteiger partial charge on any atom is 0.305 e. The number of amides is 1. The molecule has 3 N–H and O–H groups in total. The molecule has 430 valence electrons. The van der Waals surface area contributed by atoms with Gasteiger partial charge in [0.1, 0.15) is 0 Å². The smallest absolute Gasteiger partial charge is 0.305 e. The van der Waals surface area contributed by atoms with E-state index in [1.165, 1.54) is 315 Å². The van der Waals surface area contributed by atoms with E-state index in [0.29, 0.717) is 25.9 Å². The number of carbonyl (C=O) groups excluding carboxylic acids is 2. The number of aliphatic hydroxyl groups is 2. The van der Waals surface area contributed by atoms with Gasteiger partial charge in [-0.15, -0.1) is 0 Å². The van der Waals surface area contributed by atoms with Crippen LogP contribution in [0.1, 0.15) is 386 Å². The minimum Gasteiger partial charge on any atom is -0.466 e. The van der Waals surface area contributed by atoms with Gasteiger partial charge in [0.05, 0.1) is 25.4 Å². The lowest BCUT2D eigenvalue weighted by molar-refractivity contribution is -0.143. The fourth-order valence-electron chi connectivity index (χ4n) is 10.8. The van der Waals surface area contributed by atoms with Crippen LogP contribution < -0.4 is 5.32 Å². The Balaban J connectivity index is 3.36. The Kier molecular flexibility index (Phi) is 61.4. The minimum atomic E-state index is -0.663.